The second kappa shape index (κ2) is 9.01. The SMILES string of the molecule is CC(C)CNC(=O)c1cn(C(C)C)cc(C(=O)N2CCCCCC2)c1=O. The summed E-state index contributed by atoms with van der Waals surface area (Å²) in [7, 11) is 0. The van der Waals surface area contributed by atoms with E-state index in [0.29, 0.717) is 19.6 Å². The minimum atomic E-state index is -0.475. The molecule has 1 aliphatic rings. The van der Waals surface area contributed by atoms with Crippen molar-refractivity contribution in [3.63, 3.8) is 0 Å². The molecule has 2 rings (SSSR count). The summed E-state index contributed by atoms with van der Waals surface area (Å²) < 4.78 is 1.77. The second-order valence-electron chi connectivity index (χ2n) is 7.77. The van der Waals surface area contributed by atoms with Gasteiger partial charge in [-0.2, -0.15) is 0 Å². The highest BCUT2D eigenvalue weighted by Crippen LogP contribution is 2.14. The fourth-order valence-corrected chi connectivity index (χ4v) is 3.05. The van der Waals surface area contributed by atoms with Crippen LogP contribution in [0.25, 0.3) is 0 Å². The first-order valence-corrected chi connectivity index (χ1v) is 9.64. The van der Waals surface area contributed by atoms with Gasteiger partial charge in [0.25, 0.3) is 11.8 Å². The molecule has 0 bridgehead atoms. The minimum absolute atomic E-state index is 0.0417. The average Bonchev–Trinajstić information content (AvgIpc) is 2.88. The van der Waals surface area contributed by atoms with E-state index in [4.69, 9.17) is 0 Å². The van der Waals surface area contributed by atoms with Crippen molar-refractivity contribution in [1.29, 1.82) is 0 Å². The Morgan fingerprint density at radius 3 is 2.12 bits per heavy atom. The zero-order valence-electron chi connectivity index (χ0n) is 16.4. The Labute approximate surface area is 155 Å². The van der Waals surface area contributed by atoms with Crippen molar-refractivity contribution in [3.05, 3.63) is 33.7 Å². The standard InChI is InChI=1S/C20H31N3O3/c1-14(2)11-21-19(25)16-12-23(15(3)4)13-17(18(16)24)20(26)22-9-7-5-6-8-10-22/h12-15H,5-11H2,1-4H3,(H,21,25). The Balaban J connectivity index is 2.39. The van der Waals surface area contributed by atoms with Crippen LogP contribution in [0, 0.1) is 5.92 Å². The van der Waals surface area contributed by atoms with Crippen molar-refractivity contribution in [3.8, 4) is 0 Å². The van der Waals surface area contributed by atoms with Crippen molar-refractivity contribution in [2.45, 2.75) is 59.4 Å². The van der Waals surface area contributed by atoms with Crippen LogP contribution in [0.5, 0.6) is 0 Å². The van der Waals surface area contributed by atoms with E-state index < -0.39 is 11.3 Å². The summed E-state index contributed by atoms with van der Waals surface area (Å²) in [5.74, 6) is -0.387. The Kier molecular flexibility index (Phi) is 7.00. The fourth-order valence-electron chi connectivity index (χ4n) is 3.05. The van der Waals surface area contributed by atoms with Gasteiger partial charge in [0.05, 0.1) is 0 Å². The van der Waals surface area contributed by atoms with Crippen LogP contribution in [0.1, 0.15) is 80.1 Å². The van der Waals surface area contributed by atoms with Gasteiger partial charge in [-0.25, -0.2) is 0 Å². The number of amides is 2. The van der Waals surface area contributed by atoms with Crippen molar-refractivity contribution >= 4 is 11.8 Å². The zero-order valence-corrected chi connectivity index (χ0v) is 16.4. The molecule has 0 radical (unpaired) electrons. The number of carbonyl (C=O) groups excluding carboxylic acids is 2. The minimum Gasteiger partial charge on any atom is -0.352 e. The van der Waals surface area contributed by atoms with E-state index in [2.05, 4.69) is 5.32 Å². The molecule has 1 aromatic heterocycles. The highest BCUT2D eigenvalue weighted by molar-refractivity contribution is 5.99. The lowest BCUT2D eigenvalue weighted by molar-refractivity contribution is 0.0759. The molecule has 6 heteroatoms. The average molecular weight is 361 g/mol. The van der Waals surface area contributed by atoms with Gasteiger partial charge in [-0.1, -0.05) is 26.7 Å². The van der Waals surface area contributed by atoms with Gasteiger partial charge in [-0.3, -0.25) is 14.4 Å². The normalized spacial score (nSPS) is 15.2. The number of pyridine rings is 1. The molecule has 2 amide bonds. The molecule has 0 aromatic carbocycles. The summed E-state index contributed by atoms with van der Waals surface area (Å²) in [6.07, 6.45) is 7.29. The monoisotopic (exact) mass is 361 g/mol. The molecule has 0 aliphatic carbocycles. The molecule has 0 spiro atoms. The van der Waals surface area contributed by atoms with E-state index in [0.717, 1.165) is 25.7 Å². The van der Waals surface area contributed by atoms with Crippen molar-refractivity contribution in [2.75, 3.05) is 19.6 Å². The number of nitrogens with one attached hydrogen (secondary N) is 1. The first-order valence-electron chi connectivity index (χ1n) is 9.64. The van der Waals surface area contributed by atoms with Crippen molar-refractivity contribution in [1.82, 2.24) is 14.8 Å². The van der Waals surface area contributed by atoms with Gasteiger partial charge in [-0.15, -0.1) is 0 Å². The topological polar surface area (TPSA) is 71.4 Å². The summed E-state index contributed by atoms with van der Waals surface area (Å²) in [4.78, 5) is 40.1. The molecular formula is C20H31N3O3. The van der Waals surface area contributed by atoms with E-state index in [1.165, 1.54) is 0 Å². The lowest BCUT2D eigenvalue weighted by Gasteiger charge is -2.22. The smallest absolute Gasteiger partial charge is 0.259 e. The van der Waals surface area contributed by atoms with Crippen LogP contribution in [0.15, 0.2) is 17.2 Å². The quantitative estimate of drug-likeness (QED) is 0.876. The van der Waals surface area contributed by atoms with Crippen molar-refractivity contribution in [2.24, 2.45) is 5.92 Å². The van der Waals surface area contributed by atoms with Crippen molar-refractivity contribution < 1.29 is 9.59 Å². The van der Waals surface area contributed by atoms with E-state index >= 15 is 0 Å². The summed E-state index contributed by atoms with van der Waals surface area (Å²) >= 11 is 0. The molecule has 1 N–H and O–H groups in total. The lowest BCUT2D eigenvalue weighted by Crippen LogP contribution is -2.39. The molecule has 0 unspecified atom stereocenters. The molecule has 0 atom stereocenters. The highest BCUT2D eigenvalue weighted by Gasteiger charge is 2.24. The lowest BCUT2D eigenvalue weighted by atomic mass is 10.1. The Morgan fingerprint density at radius 1 is 1.00 bits per heavy atom. The molecule has 26 heavy (non-hydrogen) atoms. The van der Waals surface area contributed by atoms with E-state index in [1.807, 2.05) is 27.7 Å². The Hall–Kier alpha value is -2.11. The van der Waals surface area contributed by atoms with Gasteiger partial charge >= 0.3 is 0 Å². The number of aromatic nitrogens is 1. The Bertz CT molecular complexity index is 699. The summed E-state index contributed by atoms with van der Waals surface area (Å²) in [6.45, 7) is 9.73. The number of carbonyl (C=O) groups is 2. The summed E-state index contributed by atoms with van der Waals surface area (Å²) in [5.41, 5.74) is -0.338. The molecule has 144 valence electrons. The van der Waals surface area contributed by atoms with Crippen LogP contribution in [0.3, 0.4) is 0 Å². The number of hydrogen-bond acceptors (Lipinski definition) is 3. The first kappa shape index (κ1) is 20.2. The van der Waals surface area contributed by atoms with E-state index in [9.17, 15) is 14.4 Å². The van der Waals surface area contributed by atoms with E-state index in [-0.39, 0.29) is 29.0 Å². The maximum Gasteiger partial charge on any atom is 0.259 e. The van der Waals surface area contributed by atoms with Gasteiger partial charge in [0.2, 0.25) is 5.43 Å². The zero-order chi connectivity index (χ0) is 19.3. The number of rotatable bonds is 5. The molecular weight excluding hydrogens is 330 g/mol. The molecule has 6 nitrogen and oxygen atoms in total. The molecule has 1 fully saturated rings. The second-order valence-corrected chi connectivity index (χ2v) is 7.77. The largest absolute Gasteiger partial charge is 0.352 e. The maximum absolute atomic E-state index is 13.0. The predicted molar refractivity (Wildman–Crippen MR) is 103 cm³/mol. The summed E-state index contributed by atoms with van der Waals surface area (Å²) in [5, 5.41) is 2.78. The molecule has 0 saturated carbocycles. The molecule has 2 heterocycles. The van der Waals surface area contributed by atoms with Gasteiger partial charge in [0.15, 0.2) is 0 Å². The fraction of sp³-hybridized carbons (Fsp3) is 0.650. The molecule has 1 aliphatic heterocycles. The van der Waals surface area contributed by atoms with Crippen LogP contribution in [0.2, 0.25) is 0 Å². The number of likely N-dealkylation sites (tertiary alicyclic amines) is 1. The van der Waals surface area contributed by atoms with Gasteiger partial charge < -0.3 is 14.8 Å². The maximum atomic E-state index is 13.0. The van der Waals surface area contributed by atoms with Gasteiger partial charge in [0, 0.05) is 38.1 Å². The Morgan fingerprint density at radius 2 is 1.58 bits per heavy atom. The summed E-state index contributed by atoms with van der Waals surface area (Å²) in [6, 6.07) is 0.0444. The van der Waals surface area contributed by atoms with Crippen LogP contribution in [0.4, 0.5) is 0 Å². The molecule has 1 aromatic rings. The predicted octanol–water partition coefficient (Wildman–Crippen LogP) is 2.83. The van der Waals surface area contributed by atoms with Gasteiger partial charge in [-0.05, 0) is 32.6 Å². The third-order valence-corrected chi connectivity index (χ3v) is 4.68. The number of hydrogen-bond donors (Lipinski definition) is 1. The third kappa shape index (κ3) is 4.96. The third-order valence-electron chi connectivity index (χ3n) is 4.68. The van der Waals surface area contributed by atoms with Crippen LogP contribution in [-0.4, -0.2) is 40.9 Å². The highest BCUT2D eigenvalue weighted by atomic mass is 16.2. The number of nitrogens with zero attached hydrogens (tertiary/aromatic N) is 2. The van der Waals surface area contributed by atoms with Crippen LogP contribution < -0.4 is 10.7 Å². The van der Waals surface area contributed by atoms with E-state index in [1.54, 1.807) is 21.9 Å². The van der Waals surface area contributed by atoms with Crippen LogP contribution >= 0.6 is 0 Å². The van der Waals surface area contributed by atoms with Crippen LogP contribution in [-0.2, 0) is 0 Å². The van der Waals surface area contributed by atoms with Gasteiger partial charge in [0.1, 0.15) is 11.1 Å². The first-order chi connectivity index (χ1) is 12.3. The molecule has 1 saturated heterocycles.